The van der Waals surface area contributed by atoms with E-state index < -0.39 is 17.1 Å². The first-order chi connectivity index (χ1) is 26.4. The number of carbonyl (C=O) groups excluding carboxylic acids is 3. The number of nitrogens with zero attached hydrogens (tertiary/aromatic N) is 1. The molecule has 1 atom stereocenters. The molecule has 0 saturated heterocycles. The Bertz CT molecular complexity index is 2340. The van der Waals surface area contributed by atoms with Crippen LogP contribution in [-0.4, -0.2) is 31.9 Å². The molecule has 11 heteroatoms. The Labute approximate surface area is 321 Å². The van der Waals surface area contributed by atoms with Crippen LogP contribution in [0.4, 0.5) is 10.7 Å². The summed E-state index contributed by atoms with van der Waals surface area (Å²) >= 11 is 2.60. The van der Waals surface area contributed by atoms with Crippen LogP contribution in [0.3, 0.4) is 0 Å². The van der Waals surface area contributed by atoms with Gasteiger partial charge in [-0.25, -0.2) is 0 Å². The molecule has 6 rings (SSSR count). The number of hydrogen-bond acceptors (Lipinski definition) is 8. The van der Waals surface area contributed by atoms with Gasteiger partial charge in [0.1, 0.15) is 33.5 Å². The van der Waals surface area contributed by atoms with Crippen LogP contribution >= 0.6 is 23.1 Å². The number of carbonyl (C=O) groups is 3. The summed E-state index contributed by atoms with van der Waals surface area (Å²) < 4.78 is 10.9. The van der Waals surface area contributed by atoms with E-state index in [9.17, 15) is 19.6 Å². The van der Waals surface area contributed by atoms with Crippen LogP contribution in [0.5, 0.6) is 11.5 Å². The van der Waals surface area contributed by atoms with E-state index in [1.165, 1.54) is 43.4 Å². The Morgan fingerprint density at radius 2 is 1.50 bits per heavy atom. The zero-order valence-electron chi connectivity index (χ0n) is 29.2. The molecule has 0 radical (unpaired) electrons. The van der Waals surface area contributed by atoms with Gasteiger partial charge in [-0.2, -0.15) is 5.26 Å². The van der Waals surface area contributed by atoms with Crippen molar-refractivity contribution in [2.45, 2.75) is 10.1 Å². The van der Waals surface area contributed by atoms with E-state index in [1.54, 1.807) is 66.7 Å². The molecule has 0 aliphatic rings. The number of methoxy groups -OCH3 is 2. The number of rotatable bonds is 13. The smallest absolute Gasteiger partial charge is 0.272 e. The summed E-state index contributed by atoms with van der Waals surface area (Å²) in [6, 6.07) is 42.0. The minimum atomic E-state index is -0.702. The average Bonchev–Trinajstić information content (AvgIpc) is 3.62. The van der Waals surface area contributed by atoms with Gasteiger partial charge in [0.15, 0.2) is 0 Å². The van der Waals surface area contributed by atoms with Crippen molar-refractivity contribution in [1.29, 1.82) is 5.26 Å². The number of nitrogens with one attached hydrogen (secondary N) is 3. The molecule has 9 nitrogen and oxygen atoms in total. The maximum Gasteiger partial charge on any atom is 0.272 e. The number of anilines is 2. The highest BCUT2D eigenvalue weighted by Gasteiger charge is 2.25. The first-order valence-electron chi connectivity index (χ1n) is 16.7. The number of nitriles is 1. The fraction of sp³-hybridized carbons (Fsp3) is 0.0698. The number of hydrogen-bond donors (Lipinski definition) is 3. The predicted molar refractivity (Wildman–Crippen MR) is 215 cm³/mol. The van der Waals surface area contributed by atoms with Crippen molar-refractivity contribution in [1.82, 2.24) is 5.32 Å². The van der Waals surface area contributed by atoms with Crippen LogP contribution in [0.1, 0.15) is 32.3 Å². The van der Waals surface area contributed by atoms with Crippen molar-refractivity contribution in [2.24, 2.45) is 0 Å². The van der Waals surface area contributed by atoms with E-state index >= 15 is 0 Å². The zero-order chi connectivity index (χ0) is 37.9. The van der Waals surface area contributed by atoms with Gasteiger partial charge in [0.05, 0.1) is 19.8 Å². The van der Waals surface area contributed by atoms with Crippen LogP contribution in [0.15, 0.2) is 149 Å². The quantitative estimate of drug-likeness (QED) is 0.0793. The van der Waals surface area contributed by atoms with E-state index in [0.29, 0.717) is 43.8 Å². The number of amides is 3. The maximum absolute atomic E-state index is 14.0. The summed E-state index contributed by atoms with van der Waals surface area (Å²) in [5, 5.41) is 20.4. The van der Waals surface area contributed by atoms with E-state index in [1.807, 2.05) is 72.1 Å². The predicted octanol–water partition coefficient (Wildman–Crippen LogP) is 9.19. The summed E-state index contributed by atoms with van der Waals surface area (Å²) in [4.78, 5) is 41.9. The van der Waals surface area contributed by atoms with E-state index in [0.717, 1.165) is 16.7 Å². The van der Waals surface area contributed by atoms with Crippen LogP contribution in [0, 0.1) is 11.3 Å². The van der Waals surface area contributed by atoms with Crippen LogP contribution in [0.25, 0.3) is 17.2 Å². The first-order valence-corrected chi connectivity index (χ1v) is 18.4. The van der Waals surface area contributed by atoms with Crippen LogP contribution < -0.4 is 25.4 Å². The molecule has 1 unspecified atom stereocenters. The van der Waals surface area contributed by atoms with Gasteiger partial charge in [-0.05, 0) is 65.7 Å². The van der Waals surface area contributed by atoms with Gasteiger partial charge in [0, 0.05) is 32.7 Å². The van der Waals surface area contributed by atoms with Crippen molar-refractivity contribution in [3.63, 3.8) is 0 Å². The zero-order valence-corrected chi connectivity index (χ0v) is 30.9. The number of ether oxygens (including phenoxy) is 2. The lowest BCUT2D eigenvalue weighted by atomic mass is 10.1. The van der Waals surface area contributed by atoms with Crippen molar-refractivity contribution in [3.8, 4) is 28.7 Å². The van der Waals surface area contributed by atoms with Gasteiger partial charge >= 0.3 is 0 Å². The van der Waals surface area contributed by atoms with Crippen molar-refractivity contribution < 1.29 is 23.9 Å². The molecule has 1 aromatic heterocycles. The molecule has 3 N–H and O–H groups in total. The monoisotopic (exact) mass is 750 g/mol. The summed E-state index contributed by atoms with van der Waals surface area (Å²) in [6.45, 7) is 0. The van der Waals surface area contributed by atoms with Crippen molar-refractivity contribution in [3.05, 3.63) is 167 Å². The Balaban J connectivity index is 1.26. The highest BCUT2D eigenvalue weighted by Crippen LogP contribution is 2.40. The average molecular weight is 751 g/mol. The summed E-state index contributed by atoms with van der Waals surface area (Å²) in [6.07, 6.45) is 1.52. The Kier molecular flexibility index (Phi) is 12.2. The van der Waals surface area contributed by atoms with Crippen molar-refractivity contribution >= 4 is 57.6 Å². The van der Waals surface area contributed by atoms with Gasteiger partial charge in [0.25, 0.3) is 11.8 Å². The topological polar surface area (TPSA) is 130 Å². The maximum atomic E-state index is 14.0. The number of thiophene rings is 1. The summed E-state index contributed by atoms with van der Waals surface area (Å²) in [7, 11) is 3.04. The Hall–Kier alpha value is -6.61. The van der Waals surface area contributed by atoms with Gasteiger partial charge in [-0.15, -0.1) is 23.1 Å². The van der Waals surface area contributed by atoms with Gasteiger partial charge < -0.3 is 25.4 Å². The lowest BCUT2D eigenvalue weighted by Crippen LogP contribution is -2.30. The van der Waals surface area contributed by atoms with E-state index in [4.69, 9.17) is 9.47 Å². The molecule has 3 amide bonds. The molecule has 0 spiro atoms. The number of thioether (sulfide) groups is 1. The standard InChI is InChI=1S/C43H34N4O5S2/c1-51-33-21-22-38(52-2)31(23-33)24-37(46-40(48)30-17-10-5-11-18-30)41(49)45-32-19-12-20-34(25-32)54-39(29-15-8-4-9-16-29)42(50)47-43-35(26-44)36(27-53-43)28-13-6-3-7-14-28/h3-25,27,39H,1-2H3,(H,45,49)(H,46,48)(H,47,50)/b37-24+. The minimum Gasteiger partial charge on any atom is -0.497 e. The molecule has 1 heterocycles. The normalized spacial score (nSPS) is 11.5. The Morgan fingerprint density at radius 3 is 2.19 bits per heavy atom. The molecule has 0 saturated carbocycles. The van der Waals surface area contributed by atoms with Gasteiger partial charge in [-0.3, -0.25) is 14.4 Å². The molecule has 54 heavy (non-hydrogen) atoms. The largest absolute Gasteiger partial charge is 0.497 e. The van der Waals surface area contributed by atoms with E-state index in [2.05, 4.69) is 22.0 Å². The molecule has 0 aliphatic heterocycles. The van der Waals surface area contributed by atoms with Crippen molar-refractivity contribution in [2.75, 3.05) is 24.9 Å². The molecule has 0 fully saturated rings. The lowest BCUT2D eigenvalue weighted by Gasteiger charge is -2.18. The van der Waals surface area contributed by atoms with Crippen LogP contribution in [0.2, 0.25) is 0 Å². The second-order valence-electron chi connectivity index (χ2n) is 11.7. The third-order valence-electron chi connectivity index (χ3n) is 8.18. The molecule has 5 aromatic carbocycles. The molecule has 6 aromatic rings. The van der Waals surface area contributed by atoms with E-state index in [-0.39, 0.29) is 11.6 Å². The lowest BCUT2D eigenvalue weighted by molar-refractivity contribution is -0.116. The fourth-order valence-electron chi connectivity index (χ4n) is 5.50. The highest BCUT2D eigenvalue weighted by molar-refractivity contribution is 8.00. The minimum absolute atomic E-state index is 0.0332. The highest BCUT2D eigenvalue weighted by atomic mass is 32.2. The summed E-state index contributed by atoms with van der Waals surface area (Å²) in [5.74, 6) is -0.350. The fourth-order valence-corrected chi connectivity index (χ4v) is 7.51. The number of benzene rings is 5. The molecule has 0 bridgehead atoms. The van der Waals surface area contributed by atoms with Crippen LogP contribution in [-0.2, 0) is 9.59 Å². The first kappa shape index (κ1) is 37.2. The molecule has 268 valence electrons. The molecular formula is C43H34N4O5S2. The second kappa shape index (κ2) is 17.7. The molecular weight excluding hydrogens is 717 g/mol. The SMILES string of the molecule is COc1ccc(OC)c(/C=C(/NC(=O)c2ccccc2)C(=O)Nc2cccc(SC(C(=O)Nc3scc(-c4ccccc4)c3C#N)c3ccccc3)c2)c1. The van der Waals surface area contributed by atoms with Gasteiger partial charge in [0.2, 0.25) is 5.91 Å². The Morgan fingerprint density at radius 1 is 0.796 bits per heavy atom. The second-order valence-corrected chi connectivity index (χ2v) is 13.8. The third kappa shape index (κ3) is 9.05. The molecule has 0 aliphatic carbocycles. The van der Waals surface area contributed by atoms with Gasteiger partial charge in [-0.1, -0.05) is 84.9 Å². The third-order valence-corrected chi connectivity index (χ3v) is 10.3. The summed E-state index contributed by atoms with van der Waals surface area (Å²) in [5.41, 5.74) is 4.09.